The van der Waals surface area contributed by atoms with Gasteiger partial charge in [0.1, 0.15) is 5.82 Å². The number of halogens is 2. The average Bonchev–Trinajstić information content (AvgIpc) is 3.05. The molecule has 1 heterocycles. The lowest BCUT2D eigenvalue weighted by atomic mass is 10.2. The number of H-pyrrole nitrogens is 1. The van der Waals surface area contributed by atoms with Gasteiger partial charge in [0, 0.05) is 8.59 Å². The Morgan fingerprint density at radius 1 is 1.25 bits per heavy atom. The van der Waals surface area contributed by atoms with E-state index in [0.29, 0.717) is 16.4 Å². The molecule has 122 valence electrons. The third kappa shape index (κ3) is 3.79. The minimum Gasteiger partial charge on any atom is -0.342 e. The van der Waals surface area contributed by atoms with Crippen molar-refractivity contribution in [3.05, 3.63) is 74.7 Å². The van der Waals surface area contributed by atoms with Crippen LogP contribution in [0, 0.1) is 3.57 Å². The fraction of sp³-hybridized carbons (Fsp3) is 0.111. The van der Waals surface area contributed by atoms with E-state index in [9.17, 15) is 4.79 Å². The van der Waals surface area contributed by atoms with E-state index in [0.717, 1.165) is 14.8 Å². The van der Waals surface area contributed by atoms with Crippen LogP contribution in [0.3, 0.4) is 0 Å². The summed E-state index contributed by atoms with van der Waals surface area (Å²) in [6.07, 6.45) is 1.78. The largest absolute Gasteiger partial charge is 0.342 e. The van der Waals surface area contributed by atoms with Gasteiger partial charge in [0.25, 0.3) is 5.91 Å². The van der Waals surface area contributed by atoms with Gasteiger partial charge in [-0.15, -0.1) is 0 Å². The minimum absolute atomic E-state index is 0.152. The van der Waals surface area contributed by atoms with Crippen molar-refractivity contribution >= 4 is 40.1 Å². The highest BCUT2D eigenvalue weighted by molar-refractivity contribution is 14.1. The Bertz CT molecular complexity index is 864. The average molecular weight is 452 g/mol. The van der Waals surface area contributed by atoms with Gasteiger partial charge in [0.2, 0.25) is 0 Å². The third-order valence-corrected chi connectivity index (χ3v) is 4.74. The highest BCUT2D eigenvalue weighted by Crippen LogP contribution is 2.21. The zero-order valence-electron chi connectivity index (χ0n) is 12.9. The Morgan fingerprint density at radius 2 is 2.00 bits per heavy atom. The molecule has 0 aliphatic carbocycles. The van der Waals surface area contributed by atoms with Crippen LogP contribution in [0.5, 0.6) is 0 Å². The Morgan fingerprint density at radius 3 is 2.71 bits per heavy atom. The van der Waals surface area contributed by atoms with Crippen LogP contribution < -0.4 is 5.32 Å². The first kappa shape index (κ1) is 17.0. The van der Waals surface area contributed by atoms with Gasteiger partial charge in [-0.1, -0.05) is 41.9 Å². The summed E-state index contributed by atoms with van der Waals surface area (Å²) in [5.74, 6) is 0.562. The van der Waals surface area contributed by atoms with Crippen molar-refractivity contribution in [2.75, 3.05) is 0 Å². The molecular formula is C18H15ClIN3O. The van der Waals surface area contributed by atoms with Gasteiger partial charge >= 0.3 is 0 Å². The molecule has 2 N–H and O–H groups in total. The number of carbonyl (C=O) groups is 1. The first-order valence-corrected chi connectivity index (χ1v) is 8.86. The fourth-order valence-electron chi connectivity index (χ4n) is 2.34. The number of amides is 1. The number of nitrogens with one attached hydrogen (secondary N) is 2. The third-order valence-electron chi connectivity index (χ3n) is 3.61. The number of carbonyl (C=O) groups excluding carboxylic acids is 1. The molecule has 0 spiro atoms. The molecule has 1 atom stereocenters. The zero-order chi connectivity index (χ0) is 17.1. The Labute approximate surface area is 158 Å². The van der Waals surface area contributed by atoms with Crippen LogP contribution in [-0.4, -0.2) is 15.9 Å². The molecule has 0 saturated heterocycles. The molecule has 1 amide bonds. The molecule has 2 aromatic carbocycles. The molecule has 0 bridgehead atoms. The van der Waals surface area contributed by atoms with Gasteiger partial charge in [-0.3, -0.25) is 4.79 Å². The molecule has 0 radical (unpaired) electrons. The fourth-order valence-corrected chi connectivity index (χ4v) is 3.45. The number of rotatable bonds is 4. The minimum atomic E-state index is -0.235. The van der Waals surface area contributed by atoms with Crippen molar-refractivity contribution in [2.24, 2.45) is 0 Å². The number of aromatic nitrogens is 2. The van der Waals surface area contributed by atoms with Crippen molar-refractivity contribution in [1.29, 1.82) is 0 Å². The van der Waals surface area contributed by atoms with Crippen LogP contribution in [0.4, 0.5) is 0 Å². The van der Waals surface area contributed by atoms with Crippen molar-refractivity contribution in [1.82, 2.24) is 15.3 Å². The van der Waals surface area contributed by atoms with Crippen molar-refractivity contribution < 1.29 is 4.79 Å². The van der Waals surface area contributed by atoms with Gasteiger partial charge in [-0.05, 0) is 53.3 Å². The maximum atomic E-state index is 12.4. The van der Waals surface area contributed by atoms with Gasteiger partial charge in [0.05, 0.1) is 23.5 Å². The van der Waals surface area contributed by atoms with E-state index in [1.54, 1.807) is 24.4 Å². The number of hydrogen-bond donors (Lipinski definition) is 2. The topological polar surface area (TPSA) is 57.8 Å². The van der Waals surface area contributed by atoms with Gasteiger partial charge in [0.15, 0.2) is 0 Å². The van der Waals surface area contributed by atoms with E-state index >= 15 is 0 Å². The van der Waals surface area contributed by atoms with Crippen molar-refractivity contribution in [3.8, 4) is 11.3 Å². The summed E-state index contributed by atoms with van der Waals surface area (Å²) in [6.45, 7) is 1.90. The summed E-state index contributed by atoms with van der Waals surface area (Å²) in [5, 5.41) is 3.57. The first-order chi connectivity index (χ1) is 11.5. The lowest BCUT2D eigenvalue weighted by molar-refractivity contribution is 0.0937. The van der Waals surface area contributed by atoms with Gasteiger partial charge in [-0.25, -0.2) is 4.98 Å². The molecule has 4 nitrogen and oxygen atoms in total. The molecule has 3 aromatic rings. The molecule has 3 rings (SSSR count). The SMILES string of the molecule is CC(NC(=O)c1ccc(Cl)cc1I)c1ncc(-c2ccccc2)[nH]1. The maximum absolute atomic E-state index is 12.4. The van der Waals surface area contributed by atoms with Crippen LogP contribution in [0.2, 0.25) is 5.02 Å². The Hall–Kier alpha value is -1.86. The summed E-state index contributed by atoms with van der Waals surface area (Å²) >= 11 is 8.04. The molecule has 6 heteroatoms. The second-order valence-corrected chi connectivity index (χ2v) is 6.97. The predicted octanol–water partition coefficient (Wildman–Crippen LogP) is 4.83. The van der Waals surface area contributed by atoms with Crippen LogP contribution in [0.15, 0.2) is 54.7 Å². The smallest absolute Gasteiger partial charge is 0.252 e. The van der Waals surface area contributed by atoms with Crippen LogP contribution >= 0.6 is 34.2 Å². The summed E-state index contributed by atoms with van der Waals surface area (Å²) in [4.78, 5) is 20.1. The van der Waals surface area contributed by atoms with Crippen molar-refractivity contribution in [2.45, 2.75) is 13.0 Å². The van der Waals surface area contributed by atoms with Gasteiger partial charge < -0.3 is 10.3 Å². The van der Waals surface area contributed by atoms with E-state index in [2.05, 4.69) is 37.9 Å². The van der Waals surface area contributed by atoms with Crippen LogP contribution in [-0.2, 0) is 0 Å². The zero-order valence-corrected chi connectivity index (χ0v) is 15.8. The van der Waals surface area contributed by atoms with Crippen molar-refractivity contribution in [3.63, 3.8) is 0 Å². The standard InChI is InChI=1S/C18H15ClIN3O/c1-11(22-18(24)14-8-7-13(19)9-15(14)20)17-21-10-16(23-17)12-5-3-2-4-6-12/h2-11H,1H3,(H,21,23)(H,22,24). The van der Waals surface area contributed by atoms with E-state index < -0.39 is 0 Å². The Kier molecular flexibility index (Phi) is 5.20. The van der Waals surface area contributed by atoms with Crippen LogP contribution in [0.1, 0.15) is 29.1 Å². The Balaban J connectivity index is 1.74. The molecule has 0 aliphatic heterocycles. The lowest BCUT2D eigenvalue weighted by Gasteiger charge is -2.12. The van der Waals surface area contributed by atoms with E-state index in [-0.39, 0.29) is 11.9 Å². The summed E-state index contributed by atoms with van der Waals surface area (Å²) in [6, 6.07) is 14.9. The summed E-state index contributed by atoms with van der Waals surface area (Å²) < 4.78 is 0.814. The van der Waals surface area contributed by atoms with E-state index in [4.69, 9.17) is 11.6 Å². The molecule has 0 fully saturated rings. The monoisotopic (exact) mass is 451 g/mol. The highest BCUT2D eigenvalue weighted by atomic mass is 127. The molecule has 1 aromatic heterocycles. The summed E-state index contributed by atoms with van der Waals surface area (Å²) in [5.41, 5.74) is 2.58. The number of aromatic amines is 1. The normalized spacial score (nSPS) is 12.0. The van der Waals surface area contributed by atoms with E-state index in [1.807, 2.05) is 37.3 Å². The maximum Gasteiger partial charge on any atom is 0.252 e. The molecule has 0 aliphatic rings. The molecule has 1 unspecified atom stereocenters. The highest BCUT2D eigenvalue weighted by Gasteiger charge is 2.16. The second kappa shape index (κ2) is 7.36. The molecule has 24 heavy (non-hydrogen) atoms. The number of benzene rings is 2. The quantitative estimate of drug-likeness (QED) is 0.559. The van der Waals surface area contributed by atoms with Crippen LogP contribution in [0.25, 0.3) is 11.3 Å². The number of hydrogen-bond acceptors (Lipinski definition) is 2. The number of imidazole rings is 1. The first-order valence-electron chi connectivity index (χ1n) is 7.41. The predicted molar refractivity (Wildman–Crippen MR) is 104 cm³/mol. The van der Waals surface area contributed by atoms with Gasteiger partial charge in [-0.2, -0.15) is 0 Å². The lowest BCUT2D eigenvalue weighted by Crippen LogP contribution is -2.28. The van der Waals surface area contributed by atoms with E-state index in [1.165, 1.54) is 0 Å². The molecule has 0 saturated carbocycles. The molecular weight excluding hydrogens is 437 g/mol. The number of nitrogens with zero attached hydrogens (tertiary/aromatic N) is 1. The second-order valence-electron chi connectivity index (χ2n) is 5.37. The summed E-state index contributed by atoms with van der Waals surface area (Å²) in [7, 11) is 0.